The predicted molar refractivity (Wildman–Crippen MR) is 64.2 cm³/mol. The summed E-state index contributed by atoms with van der Waals surface area (Å²) in [5, 5.41) is 6.36. The Morgan fingerprint density at radius 2 is 2.33 bits per heavy atom. The summed E-state index contributed by atoms with van der Waals surface area (Å²) in [6.45, 7) is 0. The standard InChI is InChI=1S/C10H9BrN2OS/c11-9-4-3-8(14-9)7-5-15-10(13-7)12-6-1-2-6/h3-6H,1-2H2,(H,12,13). The quantitative estimate of drug-likeness (QED) is 0.933. The fourth-order valence-electron chi connectivity index (χ4n) is 1.31. The fraction of sp³-hybridized carbons (Fsp3) is 0.300. The molecular formula is C10H9BrN2OS. The van der Waals surface area contributed by atoms with Crippen LogP contribution in [0.3, 0.4) is 0 Å². The lowest BCUT2D eigenvalue weighted by Crippen LogP contribution is -1.99. The van der Waals surface area contributed by atoms with Gasteiger partial charge in [-0.15, -0.1) is 11.3 Å². The SMILES string of the molecule is Brc1ccc(-c2csc(NC3CC3)n2)o1. The Hall–Kier alpha value is -0.810. The van der Waals surface area contributed by atoms with Crippen molar-refractivity contribution in [3.05, 3.63) is 22.2 Å². The molecule has 1 aliphatic carbocycles. The van der Waals surface area contributed by atoms with Crippen molar-refractivity contribution >= 4 is 32.4 Å². The third-order valence-electron chi connectivity index (χ3n) is 2.23. The number of nitrogens with zero attached hydrogens (tertiary/aromatic N) is 1. The van der Waals surface area contributed by atoms with Crippen LogP contribution in [-0.2, 0) is 0 Å². The van der Waals surface area contributed by atoms with E-state index in [0.29, 0.717) is 6.04 Å². The van der Waals surface area contributed by atoms with E-state index >= 15 is 0 Å². The maximum absolute atomic E-state index is 5.44. The first-order valence-electron chi connectivity index (χ1n) is 4.79. The van der Waals surface area contributed by atoms with Gasteiger partial charge in [0, 0.05) is 11.4 Å². The summed E-state index contributed by atoms with van der Waals surface area (Å²) in [5.74, 6) is 0.807. The Labute approximate surface area is 99.6 Å². The van der Waals surface area contributed by atoms with Crippen LogP contribution in [0, 0.1) is 0 Å². The minimum absolute atomic E-state index is 0.646. The molecular weight excluding hydrogens is 276 g/mol. The van der Waals surface area contributed by atoms with E-state index in [4.69, 9.17) is 4.42 Å². The summed E-state index contributed by atoms with van der Waals surface area (Å²) in [4.78, 5) is 4.47. The lowest BCUT2D eigenvalue weighted by atomic mass is 10.4. The first-order chi connectivity index (χ1) is 7.31. The maximum atomic E-state index is 5.44. The molecule has 5 heteroatoms. The number of aromatic nitrogens is 1. The smallest absolute Gasteiger partial charge is 0.183 e. The van der Waals surface area contributed by atoms with Gasteiger partial charge in [0.25, 0.3) is 0 Å². The Morgan fingerprint density at radius 3 is 3.00 bits per heavy atom. The predicted octanol–water partition coefficient (Wildman–Crippen LogP) is 3.74. The first kappa shape index (κ1) is 9.42. The summed E-state index contributed by atoms with van der Waals surface area (Å²) in [6, 6.07) is 4.44. The minimum atomic E-state index is 0.646. The van der Waals surface area contributed by atoms with Gasteiger partial charge in [-0.1, -0.05) is 0 Å². The zero-order valence-corrected chi connectivity index (χ0v) is 10.3. The van der Waals surface area contributed by atoms with E-state index in [1.165, 1.54) is 12.8 Å². The average molecular weight is 285 g/mol. The molecule has 2 heterocycles. The Kier molecular flexibility index (Phi) is 2.29. The molecule has 15 heavy (non-hydrogen) atoms. The van der Waals surface area contributed by atoms with Crippen molar-refractivity contribution in [2.24, 2.45) is 0 Å². The van der Waals surface area contributed by atoms with Crippen LogP contribution in [0.15, 0.2) is 26.6 Å². The highest BCUT2D eigenvalue weighted by molar-refractivity contribution is 9.10. The lowest BCUT2D eigenvalue weighted by Gasteiger charge is -1.95. The van der Waals surface area contributed by atoms with Gasteiger partial charge in [0.1, 0.15) is 5.69 Å². The van der Waals surface area contributed by atoms with Crippen LogP contribution in [0.1, 0.15) is 12.8 Å². The van der Waals surface area contributed by atoms with Crippen molar-refractivity contribution < 1.29 is 4.42 Å². The summed E-state index contributed by atoms with van der Waals surface area (Å²) >= 11 is 4.90. The van der Waals surface area contributed by atoms with Crippen molar-refractivity contribution in [1.82, 2.24) is 4.98 Å². The molecule has 0 unspecified atom stereocenters. The van der Waals surface area contributed by atoms with Crippen molar-refractivity contribution in [3.8, 4) is 11.5 Å². The van der Waals surface area contributed by atoms with Gasteiger partial charge in [0.15, 0.2) is 15.6 Å². The van der Waals surface area contributed by atoms with Gasteiger partial charge in [-0.25, -0.2) is 4.98 Å². The summed E-state index contributed by atoms with van der Waals surface area (Å²) in [5.41, 5.74) is 0.897. The molecule has 1 saturated carbocycles. The van der Waals surface area contributed by atoms with Crippen LogP contribution < -0.4 is 5.32 Å². The summed E-state index contributed by atoms with van der Waals surface area (Å²) in [7, 11) is 0. The van der Waals surface area contributed by atoms with E-state index in [-0.39, 0.29) is 0 Å². The second-order valence-corrected chi connectivity index (χ2v) is 5.20. The number of thiazole rings is 1. The highest BCUT2D eigenvalue weighted by Crippen LogP contribution is 2.31. The molecule has 0 aliphatic heterocycles. The Morgan fingerprint density at radius 1 is 1.47 bits per heavy atom. The third-order valence-corrected chi connectivity index (χ3v) is 3.43. The Bertz CT molecular complexity index is 475. The van der Waals surface area contributed by atoms with Gasteiger partial charge in [0.2, 0.25) is 0 Å². The van der Waals surface area contributed by atoms with Gasteiger partial charge in [-0.3, -0.25) is 0 Å². The van der Waals surface area contributed by atoms with Crippen LogP contribution in [0.25, 0.3) is 11.5 Å². The Balaban J connectivity index is 1.82. The molecule has 0 spiro atoms. The molecule has 0 aromatic carbocycles. The van der Waals surface area contributed by atoms with Crippen LogP contribution in [-0.4, -0.2) is 11.0 Å². The molecule has 1 N–H and O–H groups in total. The molecule has 0 radical (unpaired) electrons. The topological polar surface area (TPSA) is 38.1 Å². The molecule has 1 fully saturated rings. The van der Waals surface area contributed by atoms with Crippen molar-refractivity contribution in [1.29, 1.82) is 0 Å². The molecule has 2 aromatic rings. The van der Waals surface area contributed by atoms with E-state index in [9.17, 15) is 0 Å². The molecule has 2 aromatic heterocycles. The number of rotatable bonds is 3. The molecule has 3 rings (SSSR count). The average Bonchev–Trinajstić information content (AvgIpc) is 2.74. The number of hydrogen-bond acceptors (Lipinski definition) is 4. The third kappa shape index (κ3) is 2.08. The molecule has 0 atom stereocenters. The number of anilines is 1. The number of hydrogen-bond donors (Lipinski definition) is 1. The van der Waals surface area contributed by atoms with Gasteiger partial charge >= 0.3 is 0 Å². The molecule has 78 valence electrons. The minimum Gasteiger partial charge on any atom is -0.448 e. The van der Waals surface area contributed by atoms with E-state index in [1.54, 1.807) is 11.3 Å². The summed E-state index contributed by atoms with van der Waals surface area (Å²) < 4.78 is 6.17. The first-order valence-corrected chi connectivity index (χ1v) is 6.46. The van der Waals surface area contributed by atoms with E-state index in [2.05, 4.69) is 26.2 Å². The second-order valence-electron chi connectivity index (χ2n) is 3.56. The molecule has 0 saturated heterocycles. The van der Waals surface area contributed by atoms with E-state index < -0.39 is 0 Å². The number of nitrogens with one attached hydrogen (secondary N) is 1. The van der Waals surface area contributed by atoms with Gasteiger partial charge in [-0.2, -0.15) is 0 Å². The number of furan rings is 1. The monoisotopic (exact) mass is 284 g/mol. The second kappa shape index (κ2) is 3.64. The lowest BCUT2D eigenvalue weighted by molar-refractivity contribution is 0.554. The number of halogens is 1. The van der Waals surface area contributed by atoms with Gasteiger partial charge in [-0.05, 0) is 40.9 Å². The molecule has 0 bridgehead atoms. The highest BCUT2D eigenvalue weighted by atomic mass is 79.9. The zero-order chi connectivity index (χ0) is 10.3. The largest absolute Gasteiger partial charge is 0.448 e. The molecule has 0 amide bonds. The normalized spacial score (nSPS) is 15.5. The highest BCUT2D eigenvalue weighted by Gasteiger charge is 2.22. The van der Waals surface area contributed by atoms with E-state index in [0.717, 1.165) is 21.3 Å². The zero-order valence-electron chi connectivity index (χ0n) is 7.87. The van der Waals surface area contributed by atoms with Crippen LogP contribution in [0.5, 0.6) is 0 Å². The van der Waals surface area contributed by atoms with Gasteiger partial charge < -0.3 is 9.73 Å². The molecule has 1 aliphatic rings. The van der Waals surface area contributed by atoms with Gasteiger partial charge in [0.05, 0.1) is 0 Å². The van der Waals surface area contributed by atoms with Crippen LogP contribution >= 0.6 is 27.3 Å². The van der Waals surface area contributed by atoms with E-state index in [1.807, 2.05) is 17.5 Å². The van der Waals surface area contributed by atoms with Crippen molar-refractivity contribution in [3.63, 3.8) is 0 Å². The molecule has 3 nitrogen and oxygen atoms in total. The van der Waals surface area contributed by atoms with Crippen molar-refractivity contribution in [2.75, 3.05) is 5.32 Å². The fourth-order valence-corrected chi connectivity index (χ4v) is 2.39. The van der Waals surface area contributed by atoms with Crippen LogP contribution in [0.2, 0.25) is 0 Å². The summed E-state index contributed by atoms with van der Waals surface area (Å²) in [6.07, 6.45) is 2.53. The van der Waals surface area contributed by atoms with Crippen molar-refractivity contribution in [2.45, 2.75) is 18.9 Å². The van der Waals surface area contributed by atoms with Crippen LogP contribution in [0.4, 0.5) is 5.13 Å². The maximum Gasteiger partial charge on any atom is 0.183 e.